The number of allylic oxidation sites excluding steroid dienone is 1. The molecule has 0 spiro atoms. The maximum atomic E-state index is 14.3. The molecule has 8 heteroatoms. The number of carbonyl (C=O) groups excluding carboxylic acids is 2. The molecule has 2 aromatic carbocycles. The van der Waals surface area contributed by atoms with Crippen LogP contribution in [-0.2, 0) is 16.1 Å². The van der Waals surface area contributed by atoms with Gasteiger partial charge in [0.05, 0.1) is 11.6 Å². The van der Waals surface area contributed by atoms with Crippen molar-refractivity contribution in [1.29, 1.82) is 0 Å². The Morgan fingerprint density at radius 2 is 2.00 bits per heavy atom. The predicted molar refractivity (Wildman–Crippen MR) is 95.9 cm³/mol. The summed E-state index contributed by atoms with van der Waals surface area (Å²) in [4.78, 5) is 24.6. The van der Waals surface area contributed by atoms with Crippen molar-refractivity contribution in [1.82, 2.24) is 10.6 Å². The topological polar surface area (TPSA) is 85.9 Å². The Bertz CT molecular complexity index is 988. The molecular formula is C20H17FN2O5. The fourth-order valence-corrected chi connectivity index (χ4v) is 3.16. The zero-order chi connectivity index (χ0) is 19.7. The summed E-state index contributed by atoms with van der Waals surface area (Å²) in [5, 5.41) is 5.11. The molecule has 0 saturated carbocycles. The van der Waals surface area contributed by atoms with Gasteiger partial charge in [0.15, 0.2) is 11.5 Å². The van der Waals surface area contributed by atoms with Gasteiger partial charge in [-0.3, -0.25) is 0 Å². The smallest absolute Gasteiger partial charge is 0.338 e. The molecule has 144 valence electrons. The lowest BCUT2D eigenvalue weighted by molar-refractivity contribution is -0.140. The van der Waals surface area contributed by atoms with E-state index in [2.05, 4.69) is 10.6 Å². The summed E-state index contributed by atoms with van der Waals surface area (Å²) in [5.41, 5.74) is 1.36. The van der Waals surface area contributed by atoms with Crippen LogP contribution in [0.3, 0.4) is 0 Å². The van der Waals surface area contributed by atoms with E-state index in [1.807, 2.05) is 0 Å². The Labute approximate surface area is 160 Å². The lowest BCUT2D eigenvalue weighted by atomic mass is 9.95. The van der Waals surface area contributed by atoms with Gasteiger partial charge in [-0.2, -0.15) is 0 Å². The van der Waals surface area contributed by atoms with Crippen LogP contribution in [0.15, 0.2) is 53.7 Å². The van der Waals surface area contributed by atoms with Crippen molar-refractivity contribution in [3.05, 3.63) is 70.7 Å². The van der Waals surface area contributed by atoms with Crippen LogP contribution in [-0.4, -0.2) is 18.8 Å². The van der Waals surface area contributed by atoms with Gasteiger partial charge in [-0.25, -0.2) is 14.0 Å². The van der Waals surface area contributed by atoms with Gasteiger partial charge in [-0.05, 0) is 30.7 Å². The largest absolute Gasteiger partial charge is 0.457 e. The average Bonchev–Trinajstić information content (AvgIpc) is 3.13. The van der Waals surface area contributed by atoms with Gasteiger partial charge in [-0.1, -0.05) is 24.3 Å². The Balaban J connectivity index is 1.56. The summed E-state index contributed by atoms with van der Waals surface area (Å²) in [6, 6.07) is 9.73. The number of rotatable bonds is 4. The Morgan fingerprint density at radius 1 is 1.21 bits per heavy atom. The molecule has 7 nitrogen and oxygen atoms in total. The van der Waals surface area contributed by atoms with Crippen LogP contribution in [0.5, 0.6) is 11.5 Å². The van der Waals surface area contributed by atoms with Crippen LogP contribution >= 0.6 is 0 Å². The lowest BCUT2D eigenvalue weighted by Gasteiger charge is -2.28. The molecule has 2 amide bonds. The molecule has 0 fully saturated rings. The zero-order valence-electron chi connectivity index (χ0n) is 15.0. The second-order valence-corrected chi connectivity index (χ2v) is 6.36. The Morgan fingerprint density at radius 3 is 2.82 bits per heavy atom. The number of amides is 2. The number of esters is 1. The second-order valence-electron chi connectivity index (χ2n) is 6.36. The summed E-state index contributed by atoms with van der Waals surface area (Å²) in [5.74, 6) is 0.0340. The quantitative estimate of drug-likeness (QED) is 0.792. The molecule has 2 aliphatic rings. The summed E-state index contributed by atoms with van der Waals surface area (Å²) < 4.78 is 30.2. The van der Waals surface area contributed by atoms with E-state index in [0.717, 1.165) is 0 Å². The minimum absolute atomic E-state index is 0.00973. The molecular weight excluding hydrogens is 367 g/mol. The molecule has 1 unspecified atom stereocenters. The fourth-order valence-electron chi connectivity index (χ4n) is 3.16. The third-order valence-electron chi connectivity index (χ3n) is 4.51. The first kappa shape index (κ1) is 17.8. The van der Waals surface area contributed by atoms with Crippen LogP contribution in [0.25, 0.3) is 0 Å². The van der Waals surface area contributed by atoms with Crippen molar-refractivity contribution in [2.45, 2.75) is 19.6 Å². The number of nitrogens with one attached hydrogen (secondary N) is 2. The number of hydrogen-bond acceptors (Lipinski definition) is 5. The molecule has 0 radical (unpaired) electrons. The SMILES string of the molecule is CC1=C(C(=O)OCc2ccc3c(c2)OCO3)C(c2ccccc2F)NC(=O)N1. The number of halogens is 1. The first-order chi connectivity index (χ1) is 13.5. The van der Waals surface area contributed by atoms with Crippen LogP contribution in [0, 0.1) is 5.82 Å². The first-order valence-electron chi connectivity index (χ1n) is 8.61. The highest BCUT2D eigenvalue weighted by atomic mass is 19.1. The van der Waals surface area contributed by atoms with Gasteiger partial charge in [-0.15, -0.1) is 0 Å². The average molecular weight is 384 g/mol. The van der Waals surface area contributed by atoms with Crippen LogP contribution in [0.4, 0.5) is 9.18 Å². The van der Waals surface area contributed by atoms with Crippen LogP contribution in [0.1, 0.15) is 24.1 Å². The van der Waals surface area contributed by atoms with Gasteiger partial charge in [0.25, 0.3) is 0 Å². The van der Waals surface area contributed by atoms with Gasteiger partial charge < -0.3 is 24.8 Å². The monoisotopic (exact) mass is 384 g/mol. The van der Waals surface area contributed by atoms with E-state index >= 15 is 0 Å². The summed E-state index contributed by atoms with van der Waals surface area (Å²) >= 11 is 0. The standard InChI is InChI=1S/C20H17FN2O5/c1-11-17(18(23-20(25)22-11)13-4-2-3-5-14(13)21)19(24)26-9-12-6-7-15-16(8-12)28-10-27-15/h2-8,18H,9-10H2,1H3,(H2,22,23,25). The van der Waals surface area contributed by atoms with E-state index < -0.39 is 23.9 Å². The second kappa shape index (κ2) is 7.22. The maximum Gasteiger partial charge on any atom is 0.338 e. The van der Waals surface area contributed by atoms with E-state index in [1.165, 1.54) is 18.2 Å². The first-order valence-corrected chi connectivity index (χ1v) is 8.61. The third kappa shape index (κ3) is 3.36. The Hall–Kier alpha value is -3.55. The zero-order valence-corrected chi connectivity index (χ0v) is 15.0. The third-order valence-corrected chi connectivity index (χ3v) is 4.51. The van der Waals surface area contributed by atoms with Crippen molar-refractivity contribution in [2.75, 3.05) is 6.79 Å². The number of fused-ring (bicyclic) bond motifs is 1. The van der Waals surface area contributed by atoms with E-state index in [0.29, 0.717) is 22.8 Å². The number of hydrogen-bond donors (Lipinski definition) is 2. The van der Waals surface area contributed by atoms with Crippen molar-refractivity contribution >= 4 is 12.0 Å². The minimum Gasteiger partial charge on any atom is -0.457 e. The normalized spacial score (nSPS) is 17.8. The molecule has 1 atom stereocenters. The number of benzene rings is 2. The highest BCUT2D eigenvalue weighted by Gasteiger charge is 2.33. The molecule has 2 aromatic rings. The van der Waals surface area contributed by atoms with Gasteiger partial charge in [0, 0.05) is 11.3 Å². The van der Waals surface area contributed by atoms with Crippen molar-refractivity contribution in [3.63, 3.8) is 0 Å². The lowest BCUT2D eigenvalue weighted by Crippen LogP contribution is -2.45. The number of urea groups is 1. The van der Waals surface area contributed by atoms with Gasteiger partial charge >= 0.3 is 12.0 Å². The van der Waals surface area contributed by atoms with E-state index in [9.17, 15) is 14.0 Å². The molecule has 0 bridgehead atoms. The number of ether oxygens (including phenoxy) is 3. The number of carbonyl (C=O) groups is 2. The van der Waals surface area contributed by atoms with Crippen molar-refractivity contribution in [3.8, 4) is 11.5 Å². The molecule has 28 heavy (non-hydrogen) atoms. The molecule has 2 N–H and O–H groups in total. The minimum atomic E-state index is -0.945. The maximum absolute atomic E-state index is 14.3. The van der Waals surface area contributed by atoms with Gasteiger partial charge in [0.2, 0.25) is 6.79 Å². The summed E-state index contributed by atoms with van der Waals surface area (Å²) in [7, 11) is 0. The van der Waals surface area contributed by atoms with Crippen molar-refractivity contribution in [2.24, 2.45) is 0 Å². The van der Waals surface area contributed by atoms with E-state index in [-0.39, 0.29) is 24.5 Å². The summed E-state index contributed by atoms with van der Waals surface area (Å²) in [6.07, 6.45) is 0. The van der Waals surface area contributed by atoms with Crippen LogP contribution in [0.2, 0.25) is 0 Å². The molecule has 2 aliphatic heterocycles. The predicted octanol–water partition coefficient (Wildman–Crippen LogP) is 2.93. The Kier molecular flexibility index (Phi) is 4.60. The molecule has 0 saturated heterocycles. The molecule has 0 aromatic heterocycles. The highest BCUT2D eigenvalue weighted by molar-refractivity contribution is 5.95. The highest BCUT2D eigenvalue weighted by Crippen LogP contribution is 2.33. The van der Waals surface area contributed by atoms with Gasteiger partial charge in [0.1, 0.15) is 12.4 Å². The molecule has 0 aliphatic carbocycles. The fraction of sp³-hybridized carbons (Fsp3) is 0.200. The summed E-state index contributed by atoms with van der Waals surface area (Å²) in [6.45, 7) is 1.72. The van der Waals surface area contributed by atoms with E-state index in [4.69, 9.17) is 14.2 Å². The van der Waals surface area contributed by atoms with Crippen molar-refractivity contribution < 1.29 is 28.2 Å². The molecule has 2 heterocycles. The van der Waals surface area contributed by atoms with E-state index in [1.54, 1.807) is 31.2 Å². The molecule has 4 rings (SSSR count). The van der Waals surface area contributed by atoms with Crippen LogP contribution < -0.4 is 20.1 Å².